The average molecular weight is 180 g/mol. The lowest BCUT2D eigenvalue weighted by atomic mass is 10.1. The molecule has 1 aromatic rings. The van der Waals surface area contributed by atoms with Crippen molar-refractivity contribution < 1.29 is 4.79 Å². The molecule has 0 bridgehead atoms. The molecular formula is C10H16N2O. The van der Waals surface area contributed by atoms with E-state index >= 15 is 0 Å². The van der Waals surface area contributed by atoms with Gasteiger partial charge in [0.1, 0.15) is 11.6 Å². The lowest BCUT2D eigenvalue weighted by molar-refractivity contribution is -0.119. The lowest BCUT2D eigenvalue weighted by Crippen LogP contribution is -2.03. The number of ketones is 1. The van der Waals surface area contributed by atoms with Crippen LogP contribution in [0.3, 0.4) is 0 Å². The van der Waals surface area contributed by atoms with Gasteiger partial charge in [0.25, 0.3) is 0 Å². The molecule has 3 heteroatoms. The summed E-state index contributed by atoms with van der Waals surface area (Å²) in [4.78, 5) is 15.4. The van der Waals surface area contributed by atoms with Crippen molar-refractivity contribution in [1.82, 2.24) is 9.55 Å². The zero-order valence-electron chi connectivity index (χ0n) is 8.29. The van der Waals surface area contributed by atoms with Crippen LogP contribution >= 0.6 is 0 Å². The van der Waals surface area contributed by atoms with Crippen molar-refractivity contribution in [1.29, 1.82) is 0 Å². The van der Waals surface area contributed by atoms with Crippen molar-refractivity contribution in [2.75, 3.05) is 0 Å². The number of carbonyl (C=O) groups is 1. The Morgan fingerprint density at radius 1 is 1.54 bits per heavy atom. The van der Waals surface area contributed by atoms with Gasteiger partial charge in [-0.15, -0.1) is 0 Å². The van der Waals surface area contributed by atoms with Gasteiger partial charge < -0.3 is 4.57 Å². The van der Waals surface area contributed by atoms with E-state index in [-0.39, 0.29) is 0 Å². The number of nitrogens with zero attached hydrogens (tertiary/aromatic N) is 2. The molecule has 0 atom stereocenters. The van der Waals surface area contributed by atoms with Crippen molar-refractivity contribution in [3.05, 3.63) is 18.2 Å². The normalized spacial score (nSPS) is 10.3. The summed E-state index contributed by atoms with van der Waals surface area (Å²) < 4.78 is 1.96. The van der Waals surface area contributed by atoms with Crippen LogP contribution in [0.1, 0.15) is 32.0 Å². The van der Waals surface area contributed by atoms with Gasteiger partial charge >= 0.3 is 0 Å². The number of aromatic nitrogens is 2. The van der Waals surface area contributed by atoms with Crippen LogP contribution in [0.5, 0.6) is 0 Å². The van der Waals surface area contributed by atoms with Gasteiger partial charge in [-0.25, -0.2) is 4.98 Å². The van der Waals surface area contributed by atoms with Gasteiger partial charge in [-0.2, -0.15) is 0 Å². The molecule has 13 heavy (non-hydrogen) atoms. The Bertz CT molecular complexity index is 278. The first kappa shape index (κ1) is 9.96. The van der Waals surface area contributed by atoms with E-state index in [1.165, 1.54) is 0 Å². The molecule has 0 N–H and O–H groups in total. The van der Waals surface area contributed by atoms with E-state index in [9.17, 15) is 4.79 Å². The van der Waals surface area contributed by atoms with Gasteiger partial charge in [0.2, 0.25) is 0 Å². The third-order valence-electron chi connectivity index (χ3n) is 2.08. The van der Waals surface area contributed by atoms with E-state index in [0.29, 0.717) is 18.6 Å². The number of rotatable bonds is 5. The molecule has 0 unspecified atom stereocenters. The van der Waals surface area contributed by atoms with Gasteiger partial charge in [0.05, 0.1) is 0 Å². The van der Waals surface area contributed by atoms with Crippen LogP contribution < -0.4 is 0 Å². The SMILES string of the molecule is CCCC(=O)CCc1nccn1C. The fourth-order valence-corrected chi connectivity index (χ4v) is 1.29. The maximum Gasteiger partial charge on any atom is 0.133 e. The molecule has 0 aromatic carbocycles. The highest BCUT2D eigenvalue weighted by Gasteiger charge is 2.03. The molecule has 1 rings (SSSR count). The second-order valence-corrected chi connectivity index (χ2v) is 3.24. The summed E-state index contributed by atoms with van der Waals surface area (Å²) in [5.74, 6) is 1.33. The molecule has 0 spiro atoms. The summed E-state index contributed by atoms with van der Waals surface area (Å²) in [5.41, 5.74) is 0. The third-order valence-corrected chi connectivity index (χ3v) is 2.08. The first-order valence-corrected chi connectivity index (χ1v) is 4.72. The Morgan fingerprint density at radius 3 is 2.85 bits per heavy atom. The largest absolute Gasteiger partial charge is 0.338 e. The first-order valence-electron chi connectivity index (χ1n) is 4.72. The summed E-state index contributed by atoms with van der Waals surface area (Å²) in [5, 5.41) is 0. The topological polar surface area (TPSA) is 34.9 Å². The lowest BCUT2D eigenvalue weighted by Gasteiger charge is -2.00. The van der Waals surface area contributed by atoms with Crippen molar-refractivity contribution in [3.63, 3.8) is 0 Å². The molecule has 0 radical (unpaired) electrons. The van der Waals surface area contributed by atoms with Gasteiger partial charge in [-0.05, 0) is 6.42 Å². The molecule has 1 heterocycles. The molecule has 0 amide bonds. The van der Waals surface area contributed by atoms with Gasteiger partial charge in [-0.3, -0.25) is 4.79 Å². The standard InChI is InChI=1S/C10H16N2O/c1-3-4-9(13)5-6-10-11-7-8-12(10)2/h7-8H,3-6H2,1-2H3. The number of hydrogen-bond acceptors (Lipinski definition) is 2. The fourth-order valence-electron chi connectivity index (χ4n) is 1.29. The molecule has 0 aliphatic heterocycles. The quantitative estimate of drug-likeness (QED) is 0.691. The molecule has 0 aliphatic rings. The van der Waals surface area contributed by atoms with Gasteiger partial charge in [-0.1, -0.05) is 6.92 Å². The molecule has 0 saturated heterocycles. The number of Topliss-reactive ketones (excluding diaryl/α,β-unsaturated/α-hetero) is 1. The van der Waals surface area contributed by atoms with Crippen molar-refractivity contribution in [3.8, 4) is 0 Å². The van der Waals surface area contributed by atoms with Crippen molar-refractivity contribution in [2.24, 2.45) is 7.05 Å². The summed E-state index contributed by atoms with van der Waals surface area (Å²) in [6.45, 7) is 2.03. The molecule has 3 nitrogen and oxygen atoms in total. The zero-order valence-corrected chi connectivity index (χ0v) is 8.29. The van der Waals surface area contributed by atoms with Crippen LogP contribution in [-0.2, 0) is 18.3 Å². The van der Waals surface area contributed by atoms with E-state index in [1.54, 1.807) is 6.20 Å². The van der Waals surface area contributed by atoms with Crippen LogP contribution in [0.4, 0.5) is 0 Å². The molecule has 1 aromatic heterocycles. The van der Waals surface area contributed by atoms with E-state index in [4.69, 9.17) is 0 Å². The molecular weight excluding hydrogens is 164 g/mol. The summed E-state index contributed by atoms with van der Waals surface area (Å²) in [6, 6.07) is 0. The van der Waals surface area contributed by atoms with E-state index in [0.717, 1.165) is 18.7 Å². The zero-order chi connectivity index (χ0) is 9.68. The highest BCUT2D eigenvalue weighted by Crippen LogP contribution is 2.02. The van der Waals surface area contributed by atoms with E-state index < -0.39 is 0 Å². The minimum atomic E-state index is 0.338. The van der Waals surface area contributed by atoms with E-state index in [1.807, 2.05) is 24.7 Å². The van der Waals surface area contributed by atoms with Crippen LogP contribution in [-0.4, -0.2) is 15.3 Å². The second kappa shape index (κ2) is 4.80. The Hall–Kier alpha value is -1.12. The molecule has 0 saturated carbocycles. The summed E-state index contributed by atoms with van der Waals surface area (Å²) >= 11 is 0. The summed E-state index contributed by atoms with van der Waals surface area (Å²) in [7, 11) is 1.95. The predicted molar refractivity (Wildman–Crippen MR) is 51.4 cm³/mol. The number of imidazole rings is 1. The summed E-state index contributed by atoms with van der Waals surface area (Å²) in [6.07, 6.45) is 6.70. The Kier molecular flexibility index (Phi) is 3.68. The highest BCUT2D eigenvalue weighted by atomic mass is 16.1. The molecule has 0 fully saturated rings. The Balaban J connectivity index is 2.35. The van der Waals surface area contributed by atoms with Gasteiger partial charge in [0, 0.05) is 38.7 Å². The molecule has 72 valence electrons. The second-order valence-electron chi connectivity index (χ2n) is 3.24. The predicted octanol–water partition coefficient (Wildman–Crippen LogP) is 1.72. The van der Waals surface area contributed by atoms with Crippen molar-refractivity contribution in [2.45, 2.75) is 32.6 Å². The monoisotopic (exact) mass is 180 g/mol. The number of aryl methyl sites for hydroxylation is 2. The fraction of sp³-hybridized carbons (Fsp3) is 0.600. The minimum absolute atomic E-state index is 0.338. The third kappa shape index (κ3) is 3.01. The van der Waals surface area contributed by atoms with Crippen molar-refractivity contribution >= 4 is 5.78 Å². The van der Waals surface area contributed by atoms with Crippen LogP contribution in [0.2, 0.25) is 0 Å². The van der Waals surface area contributed by atoms with E-state index in [2.05, 4.69) is 4.98 Å². The maximum absolute atomic E-state index is 11.2. The Morgan fingerprint density at radius 2 is 2.31 bits per heavy atom. The first-order chi connectivity index (χ1) is 6.24. The number of hydrogen-bond donors (Lipinski definition) is 0. The minimum Gasteiger partial charge on any atom is -0.338 e. The van der Waals surface area contributed by atoms with Gasteiger partial charge in [0.15, 0.2) is 0 Å². The average Bonchev–Trinajstić information content (AvgIpc) is 2.48. The molecule has 0 aliphatic carbocycles. The number of carbonyl (C=O) groups excluding carboxylic acids is 1. The Labute approximate surface area is 78.8 Å². The maximum atomic E-state index is 11.2. The smallest absolute Gasteiger partial charge is 0.133 e. The van der Waals surface area contributed by atoms with Crippen LogP contribution in [0.15, 0.2) is 12.4 Å². The highest BCUT2D eigenvalue weighted by molar-refractivity contribution is 5.78. The van der Waals surface area contributed by atoms with Crippen LogP contribution in [0, 0.1) is 0 Å². The van der Waals surface area contributed by atoms with Crippen LogP contribution in [0.25, 0.3) is 0 Å².